The SMILES string of the molecule is C[C@]12CCCc3cccc(c31)C[C@@H](Cn1ccnc1)C2. The average Bonchev–Trinajstić information content (AvgIpc) is 2.91. The fourth-order valence-corrected chi connectivity index (χ4v) is 4.65. The van der Waals surface area contributed by atoms with E-state index in [0.29, 0.717) is 5.41 Å². The molecule has 0 bridgehead atoms. The number of nitrogens with zero attached hydrogens (tertiary/aromatic N) is 2. The summed E-state index contributed by atoms with van der Waals surface area (Å²) in [6.07, 6.45) is 12.5. The van der Waals surface area contributed by atoms with Crippen LogP contribution < -0.4 is 0 Å². The molecule has 20 heavy (non-hydrogen) atoms. The van der Waals surface area contributed by atoms with Gasteiger partial charge in [-0.25, -0.2) is 4.98 Å². The molecule has 2 aromatic rings. The van der Waals surface area contributed by atoms with Gasteiger partial charge in [0.25, 0.3) is 0 Å². The molecular weight excluding hydrogens is 244 g/mol. The van der Waals surface area contributed by atoms with Crippen molar-refractivity contribution in [1.29, 1.82) is 0 Å². The highest BCUT2D eigenvalue weighted by molar-refractivity contribution is 5.44. The van der Waals surface area contributed by atoms with E-state index in [9.17, 15) is 0 Å². The molecule has 2 aliphatic carbocycles. The highest BCUT2D eigenvalue weighted by atomic mass is 15.0. The minimum absolute atomic E-state index is 0.410. The lowest BCUT2D eigenvalue weighted by Crippen LogP contribution is -2.37. The van der Waals surface area contributed by atoms with Crippen molar-refractivity contribution < 1.29 is 0 Å². The lowest BCUT2D eigenvalue weighted by atomic mass is 9.61. The van der Waals surface area contributed by atoms with Crippen LogP contribution in [0.15, 0.2) is 36.9 Å². The third-order valence-electron chi connectivity index (χ3n) is 5.29. The number of hydrogen-bond acceptors (Lipinski definition) is 1. The summed E-state index contributed by atoms with van der Waals surface area (Å²) >= 11 is 0. The predicted octanol–water partition coefficient (Wildman–Crippen LogP) is 3.74. The van der Waals surface area contributed by atoms with Gasteiger partial charge in [0, 0.05) is 18.9 Å². The number of aryl methyl sites for hydroxylation is 1. The summed E-state index contributed by atoms with van der Waals surface area (Å²) in [4.78, 5) is 4.18. The van der Waals surface area contributed by atoms with Crippen molar-refractivity contribution in [3.05, 3.63) is 53.6 Å². The molecule has 2 aliphatic rings. The van der Waals surface area contributed by atoms with Crippen molar-refractivity contribution in [2.75, 3.05) is 0 Å². The lowest BCUT2D eigenvalue weighted by molar-refractivity contribution is 0.251. The molecule has 0 fully saturated rings. The fraction of sp³-hybridized carbons (Fsp3) is 0.500. The van der Waals surface area contributed by atoms with Gasteiger partial charge in [0.05, 0.1) is 6.33 Å². The summed E-state index contributed by atoms with van der Waals surface area (Å²) in [6, 6.07) is 6.98. The fourth-order valence-electron chi connectivity index (χ4n) is 4.65. The average molecular weight is 266 g/mol. The molecule has 2 atom stereocenters. The predicted molar refractivity (Wildman–Crippen MR) is 80.8 cm³/mol. The summed E-state index contributed by atoms with van der Waals surface area (Å²) in [6.45, 7) is 3.60. The molecule has 4 rings (SSSR count). The maximum atomic E-state index is 4.18. The standard InChI is InChI=1S/C18H22N2/c1-18-7-3-6-15-4-2-5-16(17(15)18)10-14(11-18)12-20-9-8-19-13-20/h2,4-5,8-9,13-14H,3,6-7,10-12H2,1H3/t14-,18-/m1/s1. The van der Waals surface area contributed by atoms with Gasteiger partial charge >= 0.3 is 0 Å². The molecule has 0 saturated carbocycles. The zero-order valence-corrected chi connectivity index (χ0v) is 12.2. The topological polar surface area (TPSA) is 17.8 Å². The Morgan fingerprint density at radius 1 is 1.35 bits per heavy atom. The number of imidazole rings is 1. The van der Waals surface area contributed by atoms with E-state index < -0.39 is 0 Å². The van der Waals surface area contributed by atoms with Gasteiger partial charge in [0.15, 0.2) is 0 Å². The first-order chi connectivity index (χ1) is 9.74. The minimum Gasteiger partial charge on any atom is -0.337 e. The highest BCUT2D eigenvalue weighted by Gasteiger charge is 2.39. The van der Waals surface area contributed by atoms with E-state index in [1.165, 1.54) is 32.1 Å². The minimum atomic E-state index is 0.410. The lowest BCUT2D eigenvalue weighted by Gasteiger charge is -2.44. The van der Waals surface area contributed by atoms with Crippen LogP contribution >= 0.6 is 0 Å². The third kappa shape index (κ3) is 1.90. The van der Waals surface area contributed by atoms with Gasteiger partial charge in [0.2, 0.25) is 0 Å². The molecule has 0 amide bonds. The Morgan fingerprint density at radius 3 is 3.10 bits per heavy atom. The van der Waals surface area contributed by atoms with E-state index in [-0.39, 0.29) is 0 Å². The zero-order valence-electron chi connectivity index (χ0n) is 12.2. The van der Waals surface area contributed by atoms with Crippen LogP contribution in [0.2, 0.25) is 0 Å². The van der Waals surface area contributed by atoms with Crippen LogP contribution in [0.3, 0.4) is 0 Å². The van der Waals surface area contributed by atoms with E-state index >= 15 is 0 Å². The molecule has 1 heterocycles. The molecule has 1 aromatic carbocycles. The summed E-state index contributed by atoms with van der Waals surface area (Å²) in [5, 5.41) is 0. The van der Waals surface area contributed by atoms with Crippen LogP contribution in [0.25, 0.3) is 0 Å². The van der Waals surface area contributed by atoms with Crippen LogP contribution in [-0.2, 0) is 24.8 Å². The molecule has 2 heteroatoms. The second kappa shape index (κ2) is 4.47. The molecule has 0 unspecified atom stereocenters. The van der Waals surface area contributed by atoms with Gasteiger partial charge in [-0.05, 0) is 60.1 Å². The molecule has 0 N–H and O–H groups in total. The van der Waals surface area contributed by atoms with Crippen LogP contribution in [0.1, 0.15) is 42.9 Å². The third-order valence-corrected chi connectivity index (χ3v) is 5.29. The monoisotopic (exact) mass is 266 g/mol. The maximum Gasteiger partial charge on any atom is 0.0945 e. The molecule has 1 aromatic heterocycles. The summed E-state index contributed by atoms with van der Waals surface area (Å²) in [5.41, 5.74) is 5.35. The second-order valence-electron chi connectivity index (χ2n) is 6.90. The van der Waals surface area contributed by atoms with Crippen molar-refractivity contribution in [3.8, 4) is 0 Å². The van der Waals surface area contributed by atoms with Gasteiger partial charge in [-0.3, -0.25) is 0 Å². The van der Waals surface area contributed by atoms with Gasteiger partial charge < -0.3 is 4.57 Å². The maximum absolute atomic E-state index is 4.18. The normalized spacial score (nSPS) is 28.1. The Hall–Kier alpha value is -1.57. The Morgan fingerprint density at radius 2 is 2.25 bits per heavy atom. The Balaban J connectivity index is 1.70. The number of aromatic nitrogens is 2. The molecule has 0 aliphatic heterocycles. The summed E-state index contributed by atoms with van der Waals surface area (Å²) in [5.74, 6) is 0.745. The second-order valence-corrected chi connectivity index (χ2v) is 6.90. The molecular formula is C18H22N2. The first-order valence-electron chi connectivity index (χ1n) is 7.82. The molecule has 0 radical (unpaired) electrons. The first-order valence-corrected chi connectivity index (χ1v) is 7.82. The Kier molecular flexibility index (Phi) is 2.73. The van der Waals surface area contributed by atoms with E-state index in [2.05, 4.69) is 40.9 Å². The van der Waals surface area contributed by atoms with E-state index in [1.54, 1.807) is 16.7 Å². The van der Waals surface area contributed by atoms with Crippen LogP contribution in [0, 0.1) is 5.92 Å². The summed E-state index contributed by atoms with van der Waals surface area (Å²) < 4.78 is 2.24. The van der Waals surface area contributed by atoms with Crippen molar-refractivity contribution >= 4 is 0 Å². The first kappa shape index (κ1) is 12.2. The molecule has 104 valence electrons. The smallest absolute Gasteiger partial charge is 0.0945 e. The summed E-state index contributed by atoms with van der Waals surface area (Å²) in [7, 11) is 0. The van der Waals surface area contributed by atoms with Crippen molar-refractivity contribution in [2.24, 2.45) is 5.92 Å². The Labute approximate surface area is 120 Å². The quantitative estimate of drug-likeness (QED) is 0.809. The molecule has 0 saturated heterocycles. The van der Waals surface area contributed by atoms with Crippen LogP contribution in [-0.4, -0.2) is 9.55 Å². The van der Waals surface area contributed by atoms with Gasteiger partial charge in [-0.15, -0.1) is 0 Å². The molecule has 0 spiro atoms. The number of hydrogen-bond donors (Lipinski definition) is 0. The highest BCUT2D eigenvalue weighted by Crippen LogP contribution is 2.47. The van der Waals surface area contributed by atoms with Crippen molar-refractivity contribution in [1.82, 2.24) is 9.55 Å². The van der Waals surface area contributed by atoms with Crippen LogP contribution in [0.5, 0.6) is 0 Å². The van der Waals surface area contributed by atoms with E-state index in [1.807, 2.05) is 12.5 Å². The Bertz CT molecular complexity index is 614. The van der Waals surface area contributed by atoms with Crippen molar-refractivity contribution in [3.63, 3.8) is 0 Å². The van der Waals surface area contributed by atoms with Gasteiger partial charge in [0.1, 0.15) is 0 Å². The van der Waals surface area contributed by atoms with E-state index in [4.69, 9.17) is 0 Å². The largest absolute Gasteiger partial charge is 0.337 e. The van der Waals surface area contributed by atoms with E-state index in [0.717, 1.165) is 12.5 Å². The van der Waals surface area contributed by atoms with Crippen LogP contribution in [0.4, 0.5) is 0 Å². The van der Waals surface area contributed by atoms with Gasteiger partial charge in [-0.1, -0.05) is 25.1 Å². The van der Waals surface area contributed by atoms with Gasteiger partial charge in [-0.2, -0.15) is 0 Å². The van der Waals surface area contributed by atoms with Crippen molar-refractivity contribution in [2.45, 2.75) is 51.0 Å². The molecule has 2 nitrogen and oxygen atoms in total. The zero-order chi connectivity index (χ0) is 13.6. The number of benzene rings is 1. The number of rotatable bonds is 2.